The van der Waals surface area contributed by atoms with Crippen molar-refractivity contribution in [3.63, 3.8) is 0 Å². The van der Waals surface area contributed by atoms with Crippen molar-refractivity contribution >= 4 is 11.1 Å². The molecule has 4 aromatic rings. The second-order valence-electron chi connectivity index (χ2n) is 5.50. The van der Waals surface area contributed by atoms with Crippen LogP contribution in [0, 0.1) is 0 Å². The summed E-state index contributed by atoms with van der Waals surface area (Å²) in [4.78, 5) is 4.31. The van der Waals surface area contributed by atoms with E-state index in [-0.39, 0.29) is 6.61 Å². The lowest BCUT2D eigenvalue weighted by Crippen LogP contribution is -2.07. The summed E-state index contributed by atoms with van der Waals surface area (Å²) in [5.74, 6) is 0.983. The average Bonchev–Trinajstić information content (AvgIpc) is 3.27. The monoisotopic (exact) mass is 359 g/mol. The van der Waals surface area contributed by atoms with Crippen LogP contribution < -0.4 is 4.74 Å². The quantitative estimate of drug-likeness (QED) is 0.534. The van der Waals surface area contributed by atoms with E-state index in [4.69, 9.17) is 9.15 Å². The number of hydrogen-bond donors (Lipinski definition) is 0. The van der Waals surface area contributed by atoms with Gasteiger partial charge in [0.25, 0.3) is 0 Å². The molecule has 0 radical (unpaired) electrons. The average molecular weight is 359 g/mol. The Morgan fingerprint density at radius 2 is 1.77 bits per heavy atom. The molecule has 0 aliphatic carbocycles. The van der Waals surface area contributed by atoms with Crippen molar-refractivity contribution in [2.24, 2.45) is 0 Å². The lowest BCUT2D eigenvalue weighted by atomic mass is 10.3. The minimum Gasteiger partial charge on any atom is -0.484 e. The number of ether oxygens (including phenoxy) is 1. The highest BCUT2D eigenvalue weighted by Crippen LogP contribution is 2.28. The first-order chi connectivity index (χ1) is 12.5. The van der Waals surface area contributed by atoms with Crippen LogP contribution in [0.4, 0.5) is 13.2 Å². The summed E-state index contributed by atoms with van der Waals surface area (Å²) >= 11 is 0. The molecule has 2 aromatic heterocycles. The highest BCUT2D eigenvalue weighted by atomic mass is 19.4. The molecule has 0 amide bonds. The smallest absolute Gasteiger partial charge is 0.435 e. The van der Waals surface area contributed by atoms with E-state index >= 15 is 0 Å². The Kier molecular flexibility index (Phi) is 3.87. The van der Waals surface area contributed by atoms with Gasteiger partial charge in [0.15, 0.2) is 17.9 Å². The molecule has 0 atom stereocenters. The Morgan fingerprint density at radius 3 is 2.46 bits per heavy atom. The lowest BCUT2D eigenvalue weighted by molar-refractivity contribution is -0.141. The number of rotatable bonds is 4. The van der Waals surface area contributed by atoms with Crippen LogP contribution in [0.15, 0.2) is 65.2 Å². The Hall–Kier alpha value is -3.29. The molecule has 0 aliphatic rings. The molecular weight excluding hydrogens is 347 g/mol. The van der Waals surface area contributed by atoms with Gasteiger partial charge in [-0.05, 0) is 42.5 Å². The first-order valence-electron chi connectivity index (χ1n) is 7.69. The van der Waals surface area contributed by atoms with Crippen LogP contribution in [0.3, 0.4) is 0 Å². The maximum Gasteiger partial charge on any atom is 0.435 e. The number of hydrogen-bond acceptors (Lipinski definition) is 4. The number of alkyl halides is 3. The first-order valence-corrected chi connectivity index (χ1v) is 7.69. The summed E-state index contributed by atoms with van der Waals surface area (Å²) in [6.07, 6.45) is -3.20. The van der Waals surface area contributed by atoms with Gasteiger partial charge in [-0.15, -0.1) is 0 Å². The fraction of sp³-hybridized carbons (Fsp3) is 0.111. The Labute approximate surface area is 145 Å². The molecule has 8 heteroatoms. The van der Waals surface area contributed by atoms with Gasteiger partial charge in [-0.1, -0.05) is 12.1 Å². The van der Waals surface area contributed by atoms with E-state index in [1.807, 2.05) is 24.3 Å². The van der Waals surface area contributed by atoms with Crippen molar-refractivity contribution in [1.29, 1.82) is 0 Å². The molecule has 0 bridgehead atoms. The normalized spacial score (nSPS) is 11.8. The minimum absolute atomic E-state index is 0.147. The van der Waals surface area contributed by atoms with Gasteiger partial charge in [-0.25, -0.2) is 9.67 Å². The largest absolute Gasteiger partial charge is 0.484 e. The number of benzene rings is 2. The van der Waals surface area contributed by atoms with Gasteiger partial charge in [-0.2, -0.15) is 18.3 Å². The van der Waals surface area contributed by atoms with Crippen molar-refractivity contribution in [2.75, 3.05) is 0 Å². The molecular formula is C18H12F3N3O2. The van der Waals surface area contributed by atoms with Gasteiger partial charge < -0.3 is 9.15 Å². The Bertz CT molecular complexity index is 1000. The third kappa shape index (κ3) is 3.26. The highest BCUT2D eigenvalue weighted by Gasteiger charge is 2.33. The van der Waals surface area contributed by atoms with Gasteiger partial charge >= 0.3 is 6.18 Å². The lowest BCUT2D eigenvalue weighted by Gasteiger charge is -2.06. The third-order valence-corrected chi connectivity index (χ3v) is 3.68. The van der Waals surface area contributed by atoms with E-state index in [9.17, 15) is 13.2 Å². The maximum atomic E-state index is 12.6. The van der Waals surface area contributed by atoms with Crippen LogP contribution in [0.25, 0.3) is 16.8 Å². The standard InChI is InChI=1S/C18H12F3N3O2/c19-18(20,21)16-9-10-24(23-16)12-5-7-13(8-6-12)25-11-17-22-14-3-1-2-4-15(14)26-17/h1-10H,11H2. The predicted molar refractivity (Wildman–Crippen MR) is 86.9 cm³/mol. The zero-order chi connectivity index (χ0) is 18.1. The Balaban J connectivity index is 1.45. The van der Waals surface area contributed by atoms with Crippen LogP contribution >= 0.6 is 0 Å². The molecule has 0 fully saturated rings. The van der Waals surface area contributed by atoms with Gasteiger partial charge in [0.05, 0.1) is 5.69 Å². The number of para-hydroxylation sites is 2. The summed E-state index contributed by atoms with van der Waals surface area (Å²) in [6.45, 7) is 0.147. The van der Waals surface area contributed by atoms with E-state index in [0.29, 0.717) is 22.9 Å². The molecule has 0 spiro atoms. The highest BCUT2D eigenvalue weighted by molar-refractivity contribution is 5.72. The fourth-order valence-electron chi connectivity index (χ4n) is 2.44. The van der Waals surface area contributed by atoms with Crippen LogP contribution in [0.2, 0.25) is 0 Å². The molecule has 2 heterocycles. The summed E-state index contributed by atoms with van der Waals surface area (Å²) in [7, 11) is 0. The molecule has 0 unspecified atom stereocenters. The van der Waals surface area contributed by atoms with E-state index in [1.165, 1.54) is 6.20 Å². The van der Waals surface area contributed by atoms with E-state index in [2.05, 4.69) is 10.1 Å². The Morgan fingerprint density at radius 1 is 1.00 bits per heavy atom. The van der Waals surface area contributed by atoms with Crippen LogP contribution in [0.5, 0.6) is 5.75 Å². The van der Waals surface area contributed by atoms with Crippen LogP contribution in [0.1, 0.15) is 11.6 Å². The van der Waals surface area contributed by atoms with Crippen molar-refractivity contribution in [3.8, 4) is 11.4 Å². The molecule has 0 saturated heterocycles. The molecule has 4 rings (SSSR count). The number of aromatic nitrogens is 3. The fourth-order valence-corrected chi connectivity index (χ4v) is 2.44. The molecule has 5 nitrogen and oxygen atoms in total. The summed E-state index contributed by atoms with van der Waals surface area (Å²) in [5, 5.41) is 3.53. The number of fused-ring (bicyclic) bond motifs is 1. The van der Waals surface area contributed by atoms with Gasteiger partial charge in [-0.3, -0.25) is 0 Å². The molecule has 132 valence electrons. The second kappa shape index (κ2) is 6.21. The maximum absolute atomic E-state index is 12.6. The summed E-state index contributed by atoms with van der Waals surface area (Å²) in [5.41, 5.74) is 0.990. The van der Waals surface area contributed by atoms with Crippen molar-refractivity contribution in [1.82, 2.24) is 14.8 Å². The predicted octanol–water partition coefficient (Wildman–Crippen LogP) is 4.61. The molecule has 0 N–H and O–H groups in total. The zero-order valence-corrected chi connectivity index (χ0v) is 13.3. The molecule has 0 aliphatic heterocycles. The SMILES string of the molecule is FC(F)(F)c1ccn(-c2ccc(OCc3nc4ccccc4o3)cc2)n1. The first kappa shape index (κ1) is 16.2. The van der Waals surface area contributed by atoms with Crippen molar-refractivity contribution in [3.05, 3.63) is 72.4 Å². The molecule has 0 saturated carbocycles. The summed E-state index contributed by atoms with van der Waals surface area (Å²) in [6, 6.07) is 14.8. The van der Waals surface area contributed by atoms with Gasteiger partial charge in [0.1, 0.15) is 11.3 Å². The molecule has 26 heavy (non-hydrogen) atoms. The second-order valence-corrected chi connectivity index (χ2v) is 5.50. The molecule has 2 aromatic carbocycles. The number of nitrogens with zero attached hydrogens (tertiary/aromatic N) is 3. The van der Waals surface area contributed by atoms with E-state index in [0.717, 1.165) is 16.3 Å². The third-order valence-electron chi connectivity index (χ3n) is 3.68. The minimum atomic E-state index is -4.46. The van der Waals surface area contributed by atoms with Gasteiger partial charge in [0, 0.05) is 6.20 Å². The van der Waals surface area contributed by atoms with Gasteiger partial charge in [0.2, 0.25) is 5.89 Å². The summed E-state index contributed by atoms with van der Waals surface area (Å²) < 4.78 is 50.2. The van der Waals surface area contributed by atoms with Crippen LogP contribution in [-0.2, 0) is 12.8 Å². The van der Waals surface area contributed by atoms with E-state index < -0.39 is 11.9 Å². The topological polar surface area (TPSA) is 53.1 Å². The van der Waals surface area contributed by atoms with Crippen molar-refractivity contribution in [2.45, 2.75) is 12.8 Å². The number of halogens is 3. The zero-order valence-electron chi connectivity index (χ0n) is 13.3. The van der Waals surface area contributed by atoms with E-state index in [1.54, 1.807) is 24.3 Å². The van der Waals surface area contributed by atoms with Crippen molar-refractivity contribution < 1.29 is 22.3 Å². The van der Waals surface area contributed by atoms with Crippen LogP contribution in [-0.4, -0.2) is 14.8 Å². The number of oxazole rings is 1.